The maximum atomic E-state index is 3.88. The first kappa shape index (κ1) is 3.85. The fourth-order valence-corrected chi connectivity index (χ4v) is 0.339. The van der Waals surface area contributed by atoms with E-state index < -0.39 is 0 Å². The third kappa shape index (κ3) is 0.445. The second kappa shape index (κ2) is 0.837. The van der Waals surface area contributed by atoms with Crippen LogP contribution in [0, 0.1) is 0 Å². The molecule has 0 aliphatic heterocycles. The van der Waals surface area contributed by atoms with E-state index in [1.165, 1.54) is 12.8 Å². The van der Waals surface area contributed by atoms with Gasteiger partial charge in [0, 0.05) is 0 Å². The summed E-state index contributed by atoms with van der Waals surface area (Å²) in [6.07, 6.45) is 2.49. The van der Waals surface area contributed by atoms with Gasteiger partial charge in [-0.3, -0.25) is 4.99 Å². The van der Waals surface area contributed by atoms with Gasteiger partial charge in [0.15, 0.2) is 0 Å². The van der Waals surface area contributed by atoms with Crippen LogP contribution in [0.1, 0.15) is 19.8 Å². The van der Waals surface area contributed by atoms with Crippen LogP contribution in [0.5, 0.6) is 0 Å². The highest BCUT2D eigenvalue weighted by atomic mass is 14.9. The summed E-state index contributed by atoms with van der Waals surface area (Å²) in [5.41, 5.74) is 0.306. The van der Waals surface area contributed by atoms with Crippen molar-refractivity contribution in [1.82, 2.24) is 0 Å². The molecule has 1 nitrogen and oxygen atoms in total. The molecule has 0 aromatic carbocycles. The molecule has 1 aliphatic rings. The van der Waals surface area contributed by atoms with Crippen molar-refractivity contribution in [2.24, 2.45) is 4.99 Å². The van der Waals surface area contributed by atoms with Crippen molar-refractivity contribution < 1.29 is 0 Å². The number of hydrogen-bond donors (Lipinski definition) is 0. The summed E-state index contributed by atoms with van der Waals surface area (Å²) in [7, 11) is 0. The molecule has 0 amide bonds. The van der Waals surface area contributed by atoms with E-state index in [4.69, 9.17) is 0 Å². The zero-order valence-corrected chi connectivity index (χ0v) is 4.07. The van der Waals surface area contributed by atoms with Gasteiger partial charge in [0.05, 0.1) is 5.54 Å². The highest BCUT2D eigenvalue weighted by Crippen LogP contribution is 2.37. The molecule has 0 saturated heterocycles. The SMILES string of the molecule is C=NC1(C)CC1. The maximum Gasteiger partial charge on any atom is 0.0574 e. The van der Waals surface area contributed by atoms with E-state index in [9.17, 15) is 0 Å². The normalized spacial score (nSPS) is 26.2. The Hall–Kier alpha value is -0.330. The van der Waals surface area contributed by atoms with Gasteiger partial charge in [0.2, 0.25) is 0 Å². The molecule has 1 aliphatic carbocycles. The molecule has 6 heavy (non-hydrogen) atoms. The summed E-state index contributed by atoms with van der Waals surface area (Å²) in [5, 5.41) is 0. The molecular weight excluding hydrogens is 74.1 g/mol. The van der Waals surface area contributed by atoms with Gasteiger partial charge in [-0.1, -0.05) is 0 Å². The van der Waals surface area contributed by atoms with Crippen molar-refractivity contribution in [2.75, 3.05) is 0 Å². The van der Waals surface area contributed by atoms with Crippen LogP contribution < -0.4 is 0 Å². The first-order valence-corrected chi connectivity index (χ1v) is 2.25. The van der Waals surface area contributed by atoms with Gasteiger partial charge >= 0.3 is 0 Å². The van der Waals surface area contributed by atoms with Crippen molar-refractivity contribution in [3.63, 3.8) is 0 Å². The number of aliphatic imine (C=N–C) groups is 1. The van der Waals surface area contributed by atoms with Crippen molar-refractivity contribution >= 4 is 6.72 Å². The lowest BCUT2D eigenvalue weighted by Gasteiger charge is -1.91. The van der Waals surface area contributed by atoms with Gasteiger partial charge in [-0.15, -0.1) is 0 Å². The van der Waals surface area contributed by atoms with E-state index in [0.29, 0.717) is 5.54 Å². The summed E-state index contributed by atoms with van der Waals surface area (Å²) in [5.74, 6) is 0. The van der Waals surface area contributed by atoms with E-state index in [-0.39, 0.29) is 0 Å². The molecule has 1 fully saturated rings. The lowest BCUT2D eigenvalue weighted by atomic mass is 10.4. The topological polar surface area (TPSA) is 12.4 Å². The van der Waals surface area contributed by atoms with Crippen LogP contribution in [-0.2, 0) is 0 Å². The first-order chi connectivity index (χ1) is 2.77. The Balaban J connectivity index is 2.47. The van der Waals surface area contributed by atoms with Crippen molar-refractivity contribution in [1.29, 1.82) is 0 Å². The molecule has 1 rings (SSSR count). The minimum Gasteiger partial charge on any atom is -0.295 e. The molecule has 0 atom stereocenters. The molecule has 0 aromatic rings. The van der Waals surface area contributed by atoms with Crippen LogP contribution in [0.2, 0.25) is 0 Å². The number of hydrogen-bond acceptors (Lipinski definition) is 1. The fraction of sp³-hybridized carbons (Fsp3) is 0.800. The van der Waals surface area contributed by atoms with Gasteiger partial charge in [-0.2, -0.15) is 0 Å². The number of nitrogens with zero attached hydrogens (tertiary/aromatic N) is 1. The standard InChI is InChI=1S/C5H9N/c1-5(6-2)3-4-5/h2-4H2,1H3. The molecule has 0 unspecified atom stereocenters. The third-order valence-corrected chi connectivity index (χ3v) is 1.36. The Labute approximate surface area is 38.1 Å². The summed E-state index contributed by atoms with van der Waals surface area (Å²) in [4.78, 5) is 3.88. The van der Waals surface area contributed by atoms with Crippen LogP contribution in [0.3, 0.4) is 0 Å². The van der Waals surface area contributed by atoms with Gasteiger partial charge in [-0.25, -0.2) is 0 Å². The Morgan fingerprint density at radius 1 is 1.67 bits per heavy atom. The largest absolute Gasteiger partial charge is 0.295 e. The quantitative estimate of drug-likeness (QED) is 0.423. The van der Waals surface area contributed by atoms with Crippen molar-refractivity contribution in [2.45, 2.75) is 25.3 Å². The summed E-state index contributed by atoms with van der Waals surface area (Å²) in [6.45, 7) is 5.57. The maximum absolute atomic E-state index is 3.88. The second-order valence-electron chi connectivity index (χ2n) is 2.16. The lowest BCUT2D eigenvalue weighted by Crippen LogP contribution is -1.91. The predicted molar refractivity (Wildman–Crippen MR) is 27.2 cm³/mol. The highest BCUT2D eigenvalue weighted by molar-refractivity contribution is 5.27. The van der Waals surface area contributed by atoms with E-state index in [2.05, 4.69) is 18.6 Å². The molecular formula is C5H9N. The first-order valence-electron chi connectivity index (χ1n) is 2.25. The van der Waals surface area contributed by atoms with E-state index in [1.807, 2.05) is 0 Å². The molecule has 0 aromatic heterocycles. The Kier molecular flexibility index (Phi) is 0.536. The minimum absolute atomic E-state index is 0.306. The van der Waals surface area contributed by atoms with E-state index in [0.717, 1.165) is 0 Å². The molecule has 0 N–H and O–H groups in total. The molecule has 0 spiro atoms. The lowest BCUT2D eigenvalue weighted by molar-refractivity contribution is 0.773. The molecule has 0 radical (unpaired) electrons. The van der Waals surface area contributed by atoms with Crippen molar-refractivity contribution in [3.8, 4) is 0 Å². The smallest absolute Gasteiger partial charge is 0.0574 e. The van der Waals surface area contributed by atoms with Gasteiger partial charge < -0.3 is 0 Å². The van der Waals surface area contributed by atoms with Gasteiger partial charge in [-0.05, 0) is 26.5 Å². The third-order valence-electron chi connectivity index (χ3n) is 1.36. The van der Waals surface area contributed by atoms with Crippen LogP contribution in [-0.4, -0.2) is 12.3 Å². The number of rotatable bonds is 1. The monoisotopic (exact) mass is 83.1 g/mol. The average Bonchev–Trinajstić information content (AvgIpc) is 2.22. The molecule has 1 saturated carbocycles. The highest BCUT2D eigenvalue weighted by Gasteiger charge is 2.35. The zero-order chi connectivity index (χ0) is 4.62. The summed E-state index contributed by atoms with van der Waals surface area (Å²) >= 11 is 0. The van der Waals surface area contributed by atoms with E-state index in [1.54, 1.807) is 0 Å². The van der Waals surface area contributed by atoms with Crippen LogP contribution in [0.25, 0.3) is 0 Å². The van der Waals surface area contributed by atoms with Crippen molar-refractivity contribution in [3.05, 3.63) is 0 Å². The zero-order valence-electron chi connectivity index (χ0n) is 4.07. The predicted octanol–water partition coefficient (Wildman–Crippen LogP) is 1.24. The van der Waals surface area contributed by atoms with E-state index >= 15 is 0 Å². The Morgan fingerprint density at radius 2 is 2.17 bits per heavy atom. The molecule has 1 heteroatoms. The van der Waals surface area contributed by atoms with Crippen LogP contribution >= 0.6 is 0 Å². The van der Waals surface area contributed by atoms with Gasteiger partial charge in [0.25, 0.3) is 0 Å². The fourth-order valence-electron chi connectivity index (χ4n) is 0.339. The second-order valence-corrected chi connectivity index (χ2v) is 2.16. The Bertz CT molecular complexity index is 72.0. The minimum atomic E-state index is 0.306. The summed E-state index contributed by atoms with van der Waals surface area (Å²) < 4.78 is 0. The molecule has 0 bridgehead atoms. The Morgan fingerprint density at radius 3 is 2.17 bits per heavy atom. The summed E-state index contributed by atoms with van der Waals surface area (Å²) in [6, 6.07) is 0. The van der Waals surface area contributed by atoms with Gasteiger partial charge in [0.1, 0.15) is 0 Å². The average molecular weight is 83.1 g/mol. The molecule has 0 heterocycles. The van der Waals surface area contributed by atoms with Crippen LogP contribution in [0.4, 0.5) is 0 Å². The molecule has 34 valence electrons. The van der Waals surface area contributed by atoms with Crippen LogP contribution in [0.15, 0.2) is 4.99 Å².